The highest BCUT2D eigenvalue weighted by atomic mass is 32.2. The summed E-state index contributed by atoms with van der Waals surface area (Å²) >= 11 is 0. The van der Waals surface area contributed by atoms with Gasteiger partial charge in [-0.05, 0) is 76.5 Å². The Labute approximate surface area is 191 Å². The Hall–Kier alpha value is -1.26. The van der Waals surface area contributed by atoms with Crippen LogP contribution in [0.2, 0.25) is 0 Å². The first-order chi connectivity index (χ1) is 15.5. The van der Waals surface area contributed by atoms with E-state index in [-0.39, 0.29) is 18.2 Å². The molecule has 9 heteroatoms. The molecule has 0 bridgehead atoms. The second kappa shape index (κ2) is 10.8. The van der Waals surface area contributed by atoms with Crippen molar-refractivity contribution < 1.29 is 22.6 Å². The van der Waals surface area contributed by atoms with Gasteiger partial charge in [-0.3, -0.25) is 0 Å². The highest BCUT2D eigenvalue weighted by Crippen LogP contribution is 2.39. The number of hydrogen-bond acceptors (Lipinski definition) is 7. The summed E-state index contributed by atoms with van der Waals surface area (Å²) in [7, 11) is -3.34. The normalized spacial score (nSPS) is 29.4. The molecule has 2 atom stereocenters. The molecule has 1 aromatic heterocycles. The number of nitrogens with zero attached hydrogens (tertiary/aromatic N) is 1. The lowest BCUT2D eigenvalue weighted by molar-refractivity contribution is 0.00474. The molecule has 3 heterocycles. The van der Waals surface area contributed by atoms with Crippen molar-refractivity contribution in [1.29, 1.82) is 0 Å². The summed E-state index contributed by atoms with van der Waals surface area (Å²) in [4.78, 5) is 4.46. The zero-order chi connectivity index (χ0) is 22.6. The number of aromatic nitrogens is 1. The van der Waals surface area contributed by atoms with Crippen LogP contribution in [0.3, 0.4) is 0 Å². The van der Waals surface area contributed by atoms with Crippen LogP contribution in [0.25, 0.3) is 0 Å². The Bertz CT molecular complexity index is 853. The molecule has 180 valence electrons. The molecule has 0 radical (unpaired) electrons. The lowest BCUT2D eigenvalue weighted by atomic mass is 9.81. The molecule has 0 unspecified atom stereocenters. The number of rotatable bonds is 9. The number of piperidine rings is 1. The van der Waals surface area contributed by atoms with Crippen LogP contribution >= 0.6 is 0 Å². The second-order valence-corrected chi connectivity index (χ2v) is 11.2. The predicted molar refractivity (Wildman–Crippen MR) is 123 cm³/mol. The van der Waals surface area contributed by atoms with Crippen LogP contribution in [0.1, 0.15) is 62.5 Å². The summed E-state index contributed by atoms with van der Waals surface area (Å²) in [5.74, 6) is 1.22. The van der Waals surface area contributed by atoms with E-state index in [9.17, 15) is 8.42 Å². The van der Waals surface area contributed by atoms with Crippen molar-refractivity contribution >= 4 is 10.0 Å². The Morgan fingerprint density at radius 3 is 2.69 bits per heavy atom. The molecule has 0 aromatic carbocycles. The predicted octanol–water partition coefficient (Wildman–Crippen LogP) is 2.27. The van der Waals surface area contributed by atoms with Gasteiger partial charge < -0.3 is 19.5 Å². The van der Waals surface area contributed by atoms with Gasteiger partial charge in [0.2, 0.25) is 15.9 Å². The number of sulfonamides is 1. The third-order valence-corrected chi connectivity index (χ3v) is 8.77. The maximum Gasteiger partial charge on any atom is 0.219 e. The fourth-order valence-electron chi connectivity index (χ4n) is 5.02. The lowest BCUT2D eigenvalue weighted by Crippen LogP contribution is -2.59. The number of pyridine rings is 1. The molecule has 32 heavy (non-hydrogen) atoms. The summed E-state index contributed by atoms with van der Waals surface area (Å²) in [6, 6.07) is 1.94. The van der Waals surface area contributed by atoms with Gasteiger partial charge in [0.25, 0.3) is 0 Å². The van der Waals surface area contributed by atoms with E-state index in [1.165, 1.54) is 11.1 Å². The molecule has 2 saturated heterocycles. The zero-order valence-electron chi connectivity index (χ0n) is 19.2. The summed E-state index contributed by atoms with van der Waals surface area (Å²) < 4.78 is 45.1. The first-order valence-electron chi connectivity index (χ1n) is 12.0. The minimum Gasteiger partial charge on any atom is -0.478 e. The van der Waals surface area contributed by atoms with Gasteiger partial charge in [-0.1, -0.05) is 0 Å². The zero-order valence-corrected chi connectivity index (χ0v) is 20.0. The largest absolute Gasteiger partial charge is 0.478 e. The summed E-state index contributed by atoms with van der Waals surface area (Å²) in [6.07, 6.45) is 7.91. The Balaban J connectivity index is 1.29. The fourth-order valence-corrected chi connectivity index (χ4v) is 6.47. The molecule has 3 fully saturated rings. The average molecular weight is 468 g/mol. The van der Waals surface area contributed by atoms with Gasteiger partial charge in [-0.15, -0.1) is 0 Å². The maximum absolute atomic E-state index is 12.5. The van der Waals surface area contributed by atoms with E-state index in [4.69, 9.17) is 14.2 Å². The summed E-state index contributed by atoms with van der Waals surface area (Å²) in [5, 5.41) is 3.04. The van der Waals surface area contributed by atoms with Crippen LogP contribution in [0.4, 0.5) is 0 Å². The van der Waals surface area contributed by atoms with Crippen LogP contribution in [0.5, 0.6) is 5.88 Å². The van der Waals surface area contributed by atoms with Crippen molar-refractivity contribution in [3.8, 4) is 5.88 Å². The molecule has 1 aliphatic carbocycles. The van der Waals surface area contributed by atoms with Crippen LogP contribution in [0, 0.1) is 6.92 Å². The van der Waals surface area contributed by atoms with Gasteiger partial charge in [0.1, 0.15) is 5.25 Å². The first-order valence-corrected chi connectivity index (χ1v) is 13.5. The molecular formula is C23H37N3O5S. The number of nitrogens with one attached hydrogen (secondary N) is 2. The van der Waals surface area contributed by atoms with Gasteiger partial charge in [0, 0.05) is 23.8 Å². The van der Waals surface area contributed by atoms with E-state index < -0.39 is 15.3 Å². The van der Waals surface area contributed by atoms with E-state index in [2.05, 4.69) is 28.0 Å². The lowest BCUT2D eigenvalue weighted by Gasteiger charge is -2.37. The van der Waals surface area contributed by atoms with Crippen LogP contribution in [-0.2, 0) is 19.5 Å². The van der Waals surface area contributed by atoms with Crippen molar-refractivity contribution in [3.63, 3.8) is 0 Å². The molecule has 1 saturated carbocycles. The number of hydrogen-bond donors (Lipinski definition) is 2. The minimum absolute atomic E-state index is 0.00219. The van der Waals surface area contributed by atoms with E-state index in [0.29, 0.717) is 32.3 Å². The molecule has 2 N–H and O–H groups in total. The van der Waals surface area contributed by atoms with E-state index >= 15 is 0 Å². The number of ether oxygens (including phenoxy) is 3. The Morgan fingerprint density at radius 2 is 2.00 bits per heavy atom. The van der Waals surface area contributed by atoms with Crippen LogP contribution in [0.15, 0.2) is 12.3 Å². The average Bonchev–Trinajstić information content (AvgIpc) is 2.72. The highest BCUT2D eigenvalue weighted by molar-refractivity contribution is 7.90. The van der Waals surface area contributed by atoms with Gasteiger partial charge in [0.15, 0.2) is 0 Å². The van der Waals surface area contributed by atoms with Crippen molar-refractivity contribution in [2.45, 2.75) is 81.7 Å². The monoisotopic (exact) mass is 467 g/mol. The quantitative estimate of drug-likeness (QED) is 0.575. The maximum atomic E-state index is 12.5. The Morgan fingerprint density at radius 1 is 1.22 bits per heavy atom. The molecule has 0 spiro atoms. The molecule has 3 aliphatic rings. The van der Waals surface area contributed by atoms with Crippen molar-refractivity contribution in [1.82, 2.24) is 15.0 Å². The molecule has 2 aliphatic heterocycles. The fraction of sp³-hybridized carbons (Fsp3) is 0.783. The molecular weight excluding hydrogens is 430 g/mol. The second-order valence-electron chi connectivity index (χ2n) is 9.22. The Kier molecular flexibility index (Phi) is 8.04. The van der Waals surface area contributed by atoms with Crippen molar-refractivity contribution in [2.24, 2.45) is 0 Å². The van der Waals surface area contributed by atoms with E-state index in [1.54, 1.807) is 0 Å². The SMILES string of the molecule is CCOc1nccc(C)c1[C@H]1CC[C@@H](OC[C@@H]2NCCC[C@@H]2NS(=O)(=O)C2COC2)CC1. The first kappa shape index (κ1) is 23.9. The van der Waals surface area contributed by atoms with Crippen molar-refractivity contribution in [2.75, 3.05) is 33.0 Å². The highest BCUT2D eigenvalue weighted by Gasteiger charge is 2.37. The standard InChI is InChI=1S/C23H37N3O5S/c1-3-30-23-22(16(2)10-12-25-23)17-6-8-18(9-7-17)31-15-21-20(5-4-11-24-21)26-32(27,28)19-13-29-14-19/h10,12,17-21,24,26H,3-9,11,13-15H2,1-2H3/t17-,18+,20-,21-/m0/s1. The third kappa shape index (κ3) is 5.62. The molecule has 4 rings (SSSR count). The van der Waals surface area contributed by atoms with Gasteiger partial charge in [-0.2, -0.15) is 0 Å². The third-order valence-electron chi connectivity index (χ3n) is 6.99. The van der Waals surface area contributed by atoms with E-state index in [1.807, 2.05) is 13.1 Å². The smallest absolute Gasteiger partial charge is 0.219 e. The molecule has 1 aromatic rings. The van der Waals surface area contributed by atoms with Gasteiger partial charge in [-0.25, -0.2) is 18.1 Å². The van der Waals surface area contributed by atoms with Crippen molar-refractivity contribution in [3.05, 3.63) is 23.4 Å². The van der Waals surface area contributed by atoms with Crippen LogP contribution in [-0.4, -0.2) is 69.8 Å². The summed E-state index contributed by atoms with van der Waals surface area (Å²) in [6.45, 7) is 6.75. The van der Waals surface area contributed by atoms with E-state index in [0.717, 1.165) is 50.9 Å². The number of aryl methyl sites for hydroxylation is 1. The molecule has 8 nitrogen and oxygen atoms in total. The summed E-state index contributed by atoms with van der Waals surface area (Å²) in [5.41, 5.74) is 2.49. The topological polar surface area (TPSA) is 98.8 Å². The van der Waals surface area contributed by atoms with Gasteiger partial charge >= 0.3 is 0 Å². The minimum atomic E-state index is -3.34. The van der Waals surface area contributed by atoms with Gasteiger partial charge in [0.05, 0.1) is 32.5 Å². The van der Waals surface area contributed by atoms with Crippen LogP contribution < -0.4 is 14.8 Å². The molecule has 0 amide bonds.